The maximum Gasteiger partial charge on any atom is 0.331 e. The number of esters is 1. The van der Waals surface area contributed by atoms with Gasteiger partial charge in [-0.2, -0.15) is 0 Å². The molecule has 2 aromatic rings. The first-order valence-electron chi connectivity index (χ1n) is 11.4. The van der Waals surface area contributed by atoms with Crippen molar-refractivity contribution in [1.82, 2.24) is 9.88 Å². The molecule has 1 aromatic carbocycles. The SMILES string of the molecule is Cc1ncc2c(c1OC(=O)CN(C)C(=O)CCC[C@H](CO[N+](=O)[O-])O[N+](=O)[O-])CO[C@H]2c1ccc(Cl)cc1. The van der Waals surface area contributed by atoms with Crippen molar-refractivity contribution < 1.29 is 38.9 Å². The second-order valence-electron chi connectivity index (χ2n) is 8.44. The van der Waals surface area contributed by atoms with E-state index in [0.717, 1.165) is 16.0 Å². The van der Waals surface area contributed by atoms with E-state index < -0.39 is 40.9 Å². The number of halogens is 1. The van der Waals surface area contributed by atoms with Gasteiger partial charge in [0.2, 0.25) is 5.91 Å². The largest absolute Gasteiger partial charge is 0.423 e. The minimum Gasteiger partial charge on any atom is -0.423 e. The molecular weight excluding hydrogens is 528 g/mol. The average molecular weight is 553 g/mol. The van der Waals surface area contributed by atoms with Gasteiger partial charge in [-0.3, -0.25) is 9.78 Å². The molecule has 1 amide bonds. The molecule has 0 aliphatic carbocycles. The van der Waals surface area contributed by atoms with Crippen molar-refractivity contribution >= 4 is 23.5 Å². The summed E-state index contributed by atoms with van der Waals surface area (Å²) >= 11 is 5.97. The Kier molecular flexibility index (Phi) is 9.73. The van der Waals surface area contributed by atoms with Crippen LogP contribution in [0.3, 0.4) is 0 Å². The molecule has 0 radical (unpaired) electrons. The van der Waals surface area contributed by atoms with Crippen molar-refractivity contribution in [2.24, 2.45) is 0 Å². The zero-order valence-electron chi connectivity index (χ0n) is 20.5. The molecule has 1 aromatic heterocycles. The first-order chi connectivity index (χ1) is 18.0. The molecular formula is C23H25ClN4O10. The lowest BCUT2D eigenvalue weighted by molar-refractivity contribution is -0.790. The molecule has 1 aliphatic rings. The third kappa shape index (κ3) is 7.73. The second-order valence-corrected chi connectivity index (χ2v) is 8.87. The summed E-state index contributed by atoms with van der Waals surface area (Å²) in [6.45, 7) is 0.890. The van der Waals surface area contributed by atoms with Gasteiger partial charge in [0, 0.05) is 35.8 Å². The van der Waals surface area contributed by atoms with Crippen LogP contribution in [0.25, 0.3) is 0 Å². The second kappa shape index (κ2) is 13.0. The van der Waals surface area contributed by atoms with Crippen LogP contribution in [0, 0.1) is 27.2 Å². The van der Waals surface area contributed by atoms with Crippen LogP contribution in [0.1, 0.15) is 47.8 Å². The standard InChI is InChI=1S/C23H25ClN4O10/c1-14-22(19-13-35-23(18(19)10-25-14)15-6-8-16(24)9-7-15)37-21(30)11-26(2)20(29)5-3-4-17(38-28(33)34)12-36-27(31)32/h6-10,17,23H,3-5,11-13H2,1-2H3/t17-,23+/m1/s1. The number of amides is 1. The van der Waals surface area contributed by atoms with Gasteiger partial charge >= 0.3 is 5.97 Å². The highest BCUT2D eigenvalue weighted by molar-refractivity contribution is 6.30. The minimum atomic E-state index is -1.21. The lowest BCUT2D eigenvalue weighted by Crippen LogP contribution is -2.34. The van der Waals surface area contributed by atoms with Crippen LogP contribution in [0.15, 0.2) is 30.5 Å². The van der Waals surface area contributed by atoms with Crippen LogP contribution >= 0.6 is 11.6 Å². The average Bonchev–Trinajstić information content (AvgIpc) is 3.28. The van der Waals surface area contributed by atoms with E-state index in [0.29, 0.717) is 16.3 Å². The molecule has 0 N–H and O–H groups in total. The smallest absolute Gasteiger partial charge is 0.331 e. The lowest BCUT2D eigenvalue weighted by Gasteiger charge is -2.18. The normalized spacial score (nSPS) is 14.8. The van der Waals surface area contributed by atoms with E-state index in [1.54, 1.807) is 25.3 Å². The van der Waals surface area contributed by atoms with Crippen molar-refractivity contribution in [3.63, 3.8) is 0 Å². The number of pyridine rings is 1. The molecule has 0 unspecified atom stereocenters. The highest BCUT2D eigenvalue weighted by atomic mass is 35.5. The molecule has 0 saturated carbocycles. The number of aromatic nitrogens is 1. The third-order valence-corrected chi connectivity index (χ3v) is 5.98. The van der Waals surface area contributed by atoms with Crippen LogP contribution in [-0.2, 0) is 30.6 Å². The third-order valence-electron chi connectivity index (χ3n) is 5.72. The van der Waals surface area contributed by atoms with Gasteiger partial charge in [0.05, 0.1) is 12.3 Å². The summed E-state index contributed by atoms with van der Waals surface area (Å²) in [6.07, 6.45) is 0.0447. The molecule has 0 spiro atoms. The quantitative estimate of drug-likeness (QED) is 0.203. The Bertz CT molecular complexity index is 1190. The Balaban J connectivity index is 1.56. The number of aryl methyl sites for hydroxylation is 1. The zero-order valence-corrected chi connectivity index (χ0v) is 21.3. The predicted octanol–water partition coefficient (Wildman–Crippen LogP) is 2.98. The van der Waals surface area contributed by atoms with Crippen molar-refractivity contribution in [1.29, 1.82) is 0 Å². The Morgan fingerprint density at radius 1 is 1.24 bits per heavy atom. The van der Waals surface area contributed by atoms with Crippen molar-refractivity contribution in [2.45, 2.75) is 45.0 Å². The molecule has 0 saturated heterocycles. The molecule has 0 fully saturated rings. The highest BCUT2D eigenvalue weighted by Gasteiger charge is 2.30. The lowest BCUT2D eigenvalue weighted by atomic mass is 10.0. The van der Waals surface area contributed by atoms with Crippen molar-refractivity contribution in [2.75, 3.05) is 20.2 Å². The summed E-state index contributed by atoms with van der Waals surface area (Å²) in [6, 6.07) is 7.19. The van der Waals surface area contributed by atoms with E-state index >= 15 is 0 Å². The summed E-state index contributed by atoms with van der Waals surface area (Å²) in [5, 5.41) is 19.3. The number of rotatable bonds is 13. The number of hydrogen-bond acceptors (Lipinski definition) is 11. The highest BCUT2D eigenvalue weighted by Crippen LogP contribution is 2.41. The van der Waals surface area contributed by atoms with Gasteiger partial charge in [-0.05, 0) is 37.5 Å². The van der Waals surface area contributed by atoms with E-state index in [2.05, 4.69) is 14.7 Å². The van der Waals surface area contributed by atoms with Crippen molar-refractivity contribution in [3.8, 4) is 5.75 Å². The first kappa shape index (κ1) is 28.5. The first-order valence-corrected chi connectivity index (χ1v) is 11.8. The number of nitrogens with zero attached hydrogens (tertiary/aromatic N) is 4. The van der Waals surface area contributed by atoms with E-state index in [1.165, 1.54) is 7.05 Å². The van der Waals surface area contributed by atoms with Crippen LogP contribution in [0.4, 0.5) is 0 Å². The number of carbonyl (C=O) groups is 2. The van der Waals surface area contributed by atoms with Crippen LogP contribution < -0.4 is 4.74 Å². The number of carbonyl (C=O) groups excluding carboxylic acids is 2. The van der Waals surface area contributed by atoms with Crippen LogP contribution in [-0.4, -0.2) is 58.2 Å². The molecule has 38 heavy (non-hydrogen) atoms. The van der Waals surface area contributed by atoms with E-state index in [1.807, 2.05) is 12.1 Å². The molecule has 14 nitrogen and oxygen atoms in total. The number of likely N-dealkylation sites (N-methyl/N-ethyl adjacent to an activating group) is 1. The van der Waals surface area contributed by atoms with Crippen molar-refractivity contribution in [3.05, 3.63) is 78.1 Å². The molecule has 15 heteroatoms. The van der Waals surface area contributed by atoms with Gasteiger partial charge in [0.15, 0.2) is 5.75 Å². The molecule has 0 bridgehead atoms. The molecule has 2 atom stereocenters. The fourth-order valence-corrected chi connectivity index (χ4v) is 3.99. The summed E-state index contributed by atoms with van der Waals surface area (Å²) in [7, 11) is 1.41. The number of hydrogen-bond donors (Lipinski definition) is 0. The Hall–Kier alpha value is -4.04. The summed E-state index contributed by atoms with van der Waals surface area (Å²) in [4.78, 5) is 59.9. The molecule has 2 heterocycles. The molecule has 1 aliphatic heterocycles. The summed E-state index contributed by atoms with van der Waals surface area (Å²) in [5.41, 5.74) is 2.81. The van der Waals surface area contributed by atoms with Crippen LogP contribution in [0.2, 0.25) is 5.02 Å². The fraction of sp³-hybridized carbons (Fsp3) is 0.435. The topological polar surface area (TPSA) is 173 Å². The number of ether oxygens (including phenoxy) is 2. The fourth-order valence-electron chi connectivity index (χ4n) is 3.86. The van der Waals surface area contributed by atoms with Gasteiger partial charge in [0.1, 0.15) is 25.4 Å². The van der Waals surface area contributed by atoms with Gasteiger partial charge in [-0.25, -0.2) is 4.79 Å². The van der Waals surface area contributed by atoms with Gasteiger partial charge in [0.25, 0.3) is 10.2 Å². The van der Waals surface area contributed by atoms with Gasteiger partial charge in [-0.1, -0.05) is 23.7 Å². The van der Waals surface area contributed by atoms with Gasteiger partial charge in [-0.15, -0.1) is 20.2 Å². The van der Waals surface area contributed by atoms with E-state index in [9.17, 15) is 29.8 Å². The summed E-state index contributed by atoms with van der Waals surface area (Å²) in [5.74, 6) is -0.852. The maximum atomic E-state index is 12.6. The minimum absolute atomic E-state index is 0.0470. The Labute approximate surface area is 221 Å². The maximum absolute atomic E-state index is 12.6. The molecule has 3 rings (SSSR count). The predicted molar refractivity (Wildman–Crippen MR) is 129 cm³/mol. The van der Waals surface area contributed by atoms with E-state index in [-0.39, 0.29) is 38.2 Å². The Morgan fingerprint density at radius 2 is 1.95 bits per heavy atom. The monoisotopic (exact) mass is 552 g/mol. The molecule has 204 valence electrons. The van der Waals surface area contributed by atoms with E-state index in [4.69, 9.17) is 21.1 Å². The van der Waals surface area contributed by atoms with Crippen LogP contribution in [0.5, 0.6) is 5.75 Å². The zero-order chi connectivity index (χ0) is 27.8. The number of fused-ring (bicyclic) bond motifs is 1. The number of benzene rings is 1. The summed E-state index contributed by atoms with van der Waals surface area (Å²) < 4.78 is 11.5. The van der Waals surface area contributed by atoms with Gasteiger partial charge < -0.3 is 24.0 Å². The Morgan fingerprint density at radius 3 is 2.61 bits per heavy atom.